The Bertz CT molecular complexity index is 1070. The van der Waals surface area contributed by atoms with Crippen molar-refractivity contribution in [2.75, 3.05) is 6.54 Å². The number of ether oxygens (including phenoxy) is 1. The van der Waals surface area contributed by atoms with Gasteiger partial charge in [-0.1, -0.05) is 46.3 Å². The first-order valence-corrected chi connectivity index (χ1v) is 12.3. The maximum Gasteiger partial charge on any atom is 0.410 e. The van der Waals surface area contributed by atoms with E-state index >= 15 is 0 Å². The lowest BCUT2D eigenvalue weighted by Crippen LogP contribution is -2.39. The van der Waals surface area contributed by atoms with Crippen LogP contribution in [0.3, 0.4) is 0 Å². The van der Waals surface area contributed by atoms with Crippen molar-refractivity contribution in [2.45, 2.75) is 31.5 Å². The highest BCUT2D eigenvalue weighted by Crippen LogP contribution is 2.21. The fourth-order valence-electron chi connectivity index (χ4n) is 3.76. The number of rotatable bonds is 5. The summed E-state index contributed by atoms with van der Waals surface area (Å²) in [6.07, 6.45) is 1.69. The van der Waals surface area contributed by atoms with Gasteiger partial charge in [-0.15, -0.1) is 0 Å². The minimum absolute atomic E-state index is 0.101. The van der Waals surface area contributed by atoms with E-state index in [4.69, 9.17) is 4.74 Å². The molecule has 6 nitrogen and oxygen atoms in total. The standard InChI is InChI=1S/C21H22BrN3O3Si/c22-15-8-9-17-18(11-15)23-20(24-19(17)26)29-13-16-7-4-10-25(16)21(27)28-12-14-5-2-1-3-6-14/h1-3,5-6,8-9,11,16H,4,7,10,12-13,29H2,(H,23,24,26). The molecule has 0 radical (unpaired) electrons. The third-order valence-electron chi connectivity index (χ3n) is 5.25. The van der Waals surface area contributed by atoms with Crippen molar-refractivity contribution in [1.82, 2.24) is 14.9 Å². The first-order valence-electron chi connectivity index (χ1n) is 9.76. The molecule has 29 heavy (non-hydrogen) atoms. The number of nitrogens with zero attached hydrogens (tertiary/aromatic N) is 2. The van der Waals surface area contributed by atoms with Gasteiger partial charge in [-0.3, -0.25) is 4.79 Å². The van der Waals surface area contributed by atoms with Crippen molar-refractivity contribution in [3.05, 3.63) is 68.9 Å². The number of aromatic nitrogens is 2. The molecule has 8 heteroatoms. The highest BCUT2D eigenvalue weighted by atomic mass is 79.9. The van der Waals surface area contributed by atoms with Crippen LogP contribution in [0.4, 0.5) is 4.79 Å². The van der Waals surface area contributed by atoms with Crippen LogP contribution in [0, 0.1) is 0 Å². The topological polar surface area (TPSA) is 75.3 Å². The Labute approximate surface area is 179 Å². The van der Waals surface area contributed by atoms with Crippen molar-refractivity contribution in [1.29, 1.82) is 0 Å². The monoisotopic (exact) mass is 471 g/mol. The largest absolute Gasteiger partial charge is 0.445 e. The van der Waals surface area contributed by atoms with Gasteiger partial charge in [-0.2, -0.15) is 0 Å². The average molecular weight is 472 g/mol. The molecule has 4 rings (SSSR count). The molecule has 1 amide bonds. The number of nitrogens with one attached hydrogen (secondary N) is 1. The third kappa shape index (κ3) is 4.76. The lowest BCUT2D eigenvalue weighted by Gasteiger charge is -2.23. The number of fused-ring (bicyclic) bond motifs is 1. The molecule has 1 aromatic heterocycles. The number of likely N-dealkylation sites (tertiary alicyclic amines) is 1. The quantitative estimate of drug-likeness (QED) is 0.580. The predicted octanol–water partition coefficient (Wildman–Crippen LogP) is 2.70. The Balaban J connectivity index is 1.39. The highest BCUT2D eigenvalue weighted by molar-refractivity contribution is 9.10. The van der Waals surface area contributed by atoms with Gasteiger partial charge in [-0.25, -0.2) is 9.78 Å². The second kappa shape index (κ2) is 8.92. The molecule has 0 bridgehead atoms. The molecule has 150 valence electrons. The van der Waals surface area contributed by atoms with Crippen molar-refractivity contribution in [2.24, 2.45) is 0 Å². The maximum atomic E-state index is 12.5. The molecule has 2 heterocycles. The molecule has 1 N–H and O–H groups in total. The maximum absolute atomic E-state index is 12.5. The van der Waals surface area contributed by atoms with Gasteiger partial charge in [0.1, 0.15) is 16.1 Å². The molecule has 1 saturated heterocycles. The van der Waals surface area contributed by atoms with Crippen molar-refractivity contribution >= 4 is 47.9 Å². The molecule has 3 aromatic rings. The molecule has 1 atom stereocenters. The van der Waals surface area contributed by atoms with Gasteiger partial charge in [0.15, 0.2) is 0 Å². The van der Waals surface area contributed by atoms with E-state index in [2.05, 4.69) is 25.9 Å². The van der Waals surface area contributed by atoms with Crippen LogP contribution in [0.1, 0.15) is 18.4 Å². The number of H-pyrrole nitrogens is 1. The van der Waals surface area contributed by atoms with Gasteiger partial charge in [0, 0.05) is 17.1 Å². The predicted molar refractivity (Wildman–Crippen MR) is 119 cm³/mol. The zero-order valence-corrected chi connectivity index (χ0v) is 18.9. The van der Waals surface area contributed by atoms with E-state index in [0.29, 0.717) is 10.9 Å². The van der Waals surface area contributed by atoms with E-state index < -0.39 is 9.52 Å². The van der Waals surface area contributed by atoms with E-state index in [-0.39, 0.29) is 24.3 Å². The Morgan fingerprint density at radius 1 is 1.28 bits per heavy atom. The van der Waals surface area contributed by atoms with Gasteiger partial charge in [0.2, 0.25) is 0 Å². The van der Waals surface area contributed by atoms with Crippen LogP contribution < -0.4 is 11.0 Å². The number of aromatic amines is 1. The highest BCUT2D eigenvalue weighted by Gasteiger charge is 2.29. The van der Waals surface area contributed by atoms with E-state index in [1.165, 1.54) is 0 Å². The molecular weight excluding hydrogens is 450 g/mol. The van der Waals surface area contributed by atoms with Crippen LogP contribution in [0.2, 0.25) is 6.04 Å². The van der Waals surface area contributed by atoms with Crippen LogP contribution in [0.15, 0.2) is 57.8 Å². The molecule has 0 saturated carbocycles. The average Bonchev–Trinajstić information content (AvgIpc) is 3.20. The summed E-state index contributed by atoms with van der Waals surface area (Å²) in [5, 5.41) is 0.595. The Kier molecular flexibility index (Phi) is 6.10. The van der Waals surface area contributed by atoms with Crippen molar-refractivity contribution in [3.8, 4) is 0 Å². The van der Waals surface area contributed by atoms with Crippen LogP contribution >= 0.6 is 15.9 Å². The first-order chi connectivity index (χ1) is 14.1. The number of benzene rings is 2. The number of carbonyl (C=O) groups is 1. The smallest absolute Gasteiger partial charge is 0.410 e. The summed E-state index contributed by atoms with van der Waals surface area (Å²) >= 11 is 3.43. The summed E-state index contributed by atoms with van der Waals surface area (Å²) in [6.45, 7) is 1.01. The van der Waals surface area contributed by atoms with Gasteiger partial charge in [0.25, 0.3) is 5.56 Å². The summed E-state index contributed by atoms with van der Waals surface area (Å²) in [5.41, 5.74) is 2.37. The summed E-state index contributed by atoms with van der Waals surface area (Å²) < 4.78 is 6.41. The Hall–Kier alpha value is -2.45. The summed E-state index contributed by atoms with van der Waals surface area (Å²) in [4.78, 5) is 34.3. The van der Waals surface area contributed by atoms with Gasteiger partial charge < -0.3 is 14.6 Å². The van der Waals surface area contributed by atoms with E-state index in [9.17, 15) is 9.59 Å². The lowest BCUT2D eigenvalue weighted by atomic mass is 10.2. The van der Waals surface area contributed by atoms with Gasteiger partial charge in [-0.05, 0) is 42.6 Å². The van der Waals surface area contributed by atoms with E-state index in [0.717, 1.165) is 40.9 Å². The first kappa shape index (κ1) is 19.8. The second-order valence-electron chi connectivity index (χ2n) is 7.24. The summed E-state index contributed by atoms with van der Waals surface area (Å²) in [6, 6.07) is 16.2. The fourth-order valence-corrected chi connectivity index (χ4v) is 5.88. The molecule has 2 aromatic carbocycles. The fraction of sp³-hybridized carbons (Fsp3) is 0.286. The number of amides is 1. The van der Waals surface area contributed by atoms with Gasteiger partial charge >= 0.3 is 6.09 Å². The van der Waals surface area contributed by atoms with Gasteiger partial charge in [0.05, 0.1) is 16.4 Å². The number of hydrogen-bond acceptors (Lipinski definition) is 4. The van der Waals surface area contributed by atoms with E-state index in [1.54, 1.807) is 6.07 Å². The Morgan fingerprint density at radius 2 is 2.10 bits per heavy atom. The third-order valence-corrected chi connectivity index (χ3v) is 7.51. The second-order valence-corrected chi connectivity index (χ2v) is 9.91. The molecule has 1 unspecified atom stereocenters. The van der Waals surface area contributed by atoms with Crippen LogP contribution in [-0.2, 0) is 11.3 Å². The molecule has 1 aliphatic rings. The zero-order chi connectivity index (χ0) is 20.2. The van der Waals surface area contributed by atoms with Crippen molar-refractivity contribution < 1.29 is 9.53 Å². The normalized spacial score (nSPS) is 16.7. The molecule has 1 fully saturated rings. The number of halogens is 1. The lowest BCUT2D eigenvalue weighted by molar-refractivity contribution is 0.0944. The molecule has 0 spiro atoms. The Morgan fingerprint density at radius 3 is 2.93 bits per heavy atom. The minimum Gasteiger partial charge on any atom is -0.445 e. The van der Waals surface area contributed by atoms with Crippen molar-refractivity contribution in [3.63, 3.8) is 0 Å². The van der Waals surface area contributed by atoms with Crippen LogP contribution in [0.5, 0.6) is 0 Å². The summed E-state index contributed by atoms with van der Waals surface area (Å²) in [7, 11) is -0.823. The minimum atomic E-state index is -0.823. The summed E-state index contributed by atoms with van der Waals surface area (Å²) in [5.74, 6) is 0. The van der Waals surface area contributed by atoms with E-state index in [1.807, 2.05) is 47.4 Å². The SMILES string of the molecule is O=C(OCc1ccccc1)N1CCCC1C[SiH2]c1nc2cc(Br)ccc2c(=O)[nH]1. The number of carbonyl (C=O) groups excluding carboxylic acids is 1. The molecule has 1 aliphatic heterocycles. The number of hydrogen-bond donors (Lipinski definition) is 1. The zero-order valence-electron chi connectivity index (χ0n) is 15.9. The molecule has 0 aliphatic carbocycles. The molecular formula is C21H22BrN3O3Si. The van der Waals surface area contributed by atoms with Crippen LogP contribution in [-0.4, -0.2) is 43.1 Å². The van der Waals surface area contributed by atoms with Crippen LogP contribution in [0.25, 0.3) is 10.9 Å².